The lowest BCUT2D eigenvalue weighted by Gasteiger charge is -2.02. The molecule has 1 rings (SSSR count). The number of rotatable bonds is 6. The molecule has 0 unspecified atom stereocenters. The monoisotopic (exact) mass is 331 g/mol. The van der Waals surface area contributed by atoms with E-state index in [0.29, 0.717) is 6.42 Å². The van der Waals surface area contributed by atoms with E-state index in [0.717, 1.165) is 25.7 Å². The molecule has 0 saturated heterocycles. The lowest BCUT2D eigenvalue weighted by atomic mass is 10.1. The first-order chi connectivity index (χ1) is 7.72. The predicted molar refractivity (Wildman–Crippen MR) is 75.4 cm³/mol. The molecule has 1 aromatic rings. The summed E-state index contributed by atoms with van der Waals surface area (Å²) < 4.78 is 1.28. The summed E-state index contributed by atoms with van der Waals surface area (Å²) in [6.07, 6.45) is 5.05. The van der Waals surface area contributed by atoms with Gasteiger partial charge in [0.05, 0.1) is 0 Å². The fraction of sp³-hybridized carbons (Fsp3) is 0.462. The fourth-order valence-corrected chi connectivity index (χ4v) is 1.93. The molecule has 0 heterocycles. The first-order valence-electron chi connectivity index (χ1n) is 5.67. The average molecular weight is 331 g/mol. The fourth-order valence-electron chi connectivity index (χ4n) is 1.57. The van der Waals surface area contributed by atoms with Gasteiger partial charge in [0.25, 0.3) is 0 Å². The van der Waals surface area contributed by atoms with Crippen LogP contribution in [0.25, 0.3) is 0 Å². The second-order valence-electron chi connectivity index (χ2n) is 3.86. The maximum Gasteiger partial charge on any atom is 0.219 e. The smallest absolute Gasteiger partial charge is 0.219 e. The molecule has 1 aromatic carbocycles. The summed E-state index contributed by atoms with van der Waals surface area (Å²) >= 11 is 2.31. The zero-order valence-electron chi connectivity index (χ0n) is 9.63. The van der Waals surface area contributed by atoms with Crippen molar-refractivity contribution in [2.24, 2.45) is 0 Å². The molecular weight excluding hydrogens is 313 g/mol. The van der Waals surface area contributed by atoms with Gasteiger partial charge in [-0.05, 0) is 59.5 Å². The summed E-state index contributed by atoms with van der Waals surface area (Å²) in [5.41, 5.74) is 1.39. The van der Waals surface area contributed by atoms with Gasteiger partial charge in [-0.3, -0.25) is 4.79 Å². The minimum atomic E-state index is 0.147. The molecule has 0 saturated carbocycles. The molecule has 0 atom stereocenters. The van der Waals surface area contributed by atoms with Gasteiger partial charge in [0.2, 0.25) is 5.91 Å². The molecule has 1 N–H and O–H groups in total. The first kappa shape index (κ1) is 13.5. The topological polar surface area (TPSA) is 29.1 Å². The van der Waals surface area contributed by atoms with E-state index in [-0.39, 0.29) is 5.91 Å². The van der Waals surface area contributed by atoms with Crippen LogP contribution in [0.1, 0.15) is 31.2 Å². The van der Waals surface area contributed by atoms with E-state index in [1.165, 1.54) is 9.13 Å². The third kappa shape index (κ3) is 5.49. The molecule has 0 aliphatic carbocycles. The third-order valence-electron chi connectivity index (χ3n) is 2.56. The summed E-state index contributed by atoms with van der Waals surface area (Å²) in [5, 5.41) is 2.64. The Kier molecular flexibility index (Phi) is 6.45. The molecular formula is C13H18INO. The first-order valence-corrected chi connectivity index (χ1v) is 6.75. The van der Waals surface area contributed by atoms with E-state index in [1.54, 1.807) is 7.05 Å². The van der Waals surface area contributed by atoms with Crippen molar-refractivity contribution in [3.63, 3.8) is 0 Å². The zero-order valence-corrected chi connectivity index (χ0v) is 11.8. The summed E-state index contributed by atoms with van der Waals surface area (Å²) in [4.78, 5) is 11.0. The number of amides is 1. The Morgan fingerprint density at radius 2 is 1.88 bits per heavy atom. The largest absolute Gasteiger partial charge is 0.359 e. The van der Waals surface area contributed by atoms with E-state index >= 15 is 0 Å². The highest BCUT2D eigenvalue weighted by Gasteiger charge is 1.98. The van der Waals surface area contributed by atoms with E-state index in [9.17, 15) is 4.79 Å². The van der Waals surface area contributed by atoms with Gasteiger partial charge in [-0.25, -0.2) is 0 Å². The lowest BCUT2D eigenvalue weighted by molar-refractivity contribution is -0.120. The predicted octanol–water partition coefficient (Wildman–Crippen LogP) is 3.14. The number of benzene rings is 1. The Morgan fingerprint density at radius 3 is 2.50 bits per heavy atom. The minimum Gasteiger partial charge on any atom is -0.359 e. The molecule has 0 aliphatic heterocycles. The highest BCUT2D eigenvalue weighted by molar-refractivity contribution is 14.1. The van der Waals surface area contributed by atoms with Crippen LogP contribution in [-0.4, -0.2) is 13.0 Å². The molecule has 0 aliphatic rings. The number of carbonyl (C=O) groups excluding carboxylic acids is 1. The second kappa shape index (κ2) is 7.65. The number of carbonyl (C=O) groups is 1. The van der Waals surface area contributed by atoms with Gasteiger partial charge in [-0.15, -0.1) is 0 Å². The van der Waals surface area contributed by atoms with Crippen molar-refractivity contribution in [1.29, 1.82) is 0 Å². The summed E-state index contributed by atoms with van der Waals surface area (Å²) in [6, 6.07) is 8.64. The molecule has 1 amide bonds. The van der Waals surface area contributed by atoms with Crippen LogP contribution in [0, 0.1) is 3.57 Å². The number of hydrogen-bond donors (Lipinski definition) is 1. The molecule has 88 valence electrons. The maximum atomic E-state index is 11.0. The normalized spacial score (nSPS) is 10.1. The van der Waals surface area contributed by atoms with Gasteiger partial charge < -0.3 is 5.32 Å². The number of halogens is 1. The van der Waals surface area contributed by atoms with Crippen LogP contribution in [0.4, 0.5) is 0 Å². The Hall–Kier alpha value is -0.580. The molecule has 0 bridgehead atoms. The Bertz CT molecular complexity index is 321. The quantitative estimate of drug-likeness (QED) is 0.630. The van der Waals surface area contributed by atoms with E-state index in [4.69, 9.17) is 0 Å². The van der Waals surface area contributed by atoms with Crippen LogP contribution in [0.15, 0.2) is 24.3 Å². The third-order valence-corrected chi connectivity index (χ3v) is 3.28. The highest BCUT2D eigenvalue weighted by atomic mass is 127. The Balaban J connectivity index is 2.11. The second-order valence-corrected chi connectivity index (χ2v) is 5.11. The van der Waals surface area contributed by atoms with E-state index < -0.39 is 0 Å². The number of hydrogen-bond acceptors (Lipinski definition) is 1. The van der Waals surface area contributed by atoms with Crippen LogP contribution < -0.4 is 5.32 Å². The van der Waals surface area contributed by atoms with Crippen LogP contribution in [-0.2, 0) is 11.2 Å². The molecule has 16 heavy (non-hydrogen) atoms. The number of unbranched alkanes of at least 4 members (excludes halogenated alkanes) is 2. The van der Waals surface area contributed by atoms with Gasteiger partial charge in [0, 0.05) is 17.0 Å². The summed E-state index contributed by atoms with van der Waals surface area (Å²) in [7, 11) is 1.69. The molecule has 0 aromatic heterocycles. The SMILES string of the molecule is CNC(=O)CCCCCc1ccc(I)cc1. The lowest BCUT2D eigenvalue weighted by Crippen LogP contribution is -2.16. The van der Waals surface area contributed by atoms with Crippen LogP contribution in [0.5, 0.6) is 0 Å². The highest BCUT2D eigenvalue weighted by Crippen LogP contribution is 2.10. The van der Waals surface area contributed by atoms with Crippen molar-refractivity contribution >= 4 is 28.5 Å². The summed E-state index contributed by atoms with van der Waals surface area (Å²) in [5.74, 6) is 0.147. The van der Waals surface area contributed by atoms with Gasteiger partial charge in [-0.2, -0.15) is 0 Å². The Labute approximate surface area is 111 Å². The maximum absolute atomic E-state index is 11.0. The molecule has 0 fully saturated rings. The van der Waals surface area contributed by atoms with Crippen LogP contribution >= 0.6 is 22.6 Å². The van der Waals surface area contributed by atoms with E-state index in [1.807, 2.05) is 0 Å². The van der Waals surface area contributed by atoms with Gasteiger partial charge in [0.1, 0.15) is 0 Å². The van der Waals surface area contributed by atoms with Crippen molar-refractivity contribution in [1.82, 2.24) is 5.32 Å². The average Bonchev–Trinajstić information content (AvgIpc) is 2.31. The molecule has 3 heteroatoms. The van der Waals surface area contributed by atoms with Crippen molar-refractivity contribution < 1.29 is 4.79 Å². The Morgan fingerprint density at radius 1 is 1.19 bits per heavy atom. The number of nitrogens with one attached hydrogen (secondary N) is 1. The van der Waals surface area contributed by atoms with Crippen LogP contribution in [0.2, 0.25) is 0 Å². The van der Waals surface area contributed by atoms with Gasteiger partial charge in [-0.1, -0.05) is 18.6 Å². The molecule has 0 radical (unpaired) electrons. The van der Waals surface area contributed by atoms with Crippen molar-refractivity contribution in [2.45, 2.75) is 32.1 Å². The molecule has 2 nitrogen and oxygen atoms in total. The number of aryl methyl sites for hydroxylation is 1. The van der Waals surface area contributed by atoms with Gasteiger partial charge >= 0.3 is 0 Å². The minimum absolute atomic E-state index is 0.147. The molecule has 0 spiro atoms. The standard InChI is InChI=1S/C13H18INO/c1-15-13(16)6-4-2-3-5-11-7-9-12(14)10-8-11/h7-10H,2-6H2,1H3,(H,15,16). The zero-order chi connectivity index (χ0) is 11.8. The summed E-state index contributed by atoms with van der Waals surface area (Å²) in [6.45, 7) is 0. The van der Waals surface area contributed by atoms with Crippen molar-refractivity contribution in [3.8, 4) is 0 Å². The van der Waals surface area contributed by atoms with Crippen molar-refractivity contribution in [3.05, 3.63) is 33.4 Å². The van der Waals surface area contributed by atoms with Crippen LogP contribution in [0.3, 0.4) is 0 Å². The van der Waals surface area contributed by atoms with Gasteiger partial charge in [0.15, 0.2) is 0 Å². The van der Waals surface area contributed by atoms with E-state index in [2.05, 4.69) is 52.2 Å². The van der Waals surface area contributed by atoms with Crippen molar-refractivity contribution in [2.75, 3.05) is 7.05 Å².